The monoisotopic (exact) mass is 371 g/mol. The number of aliphatic imine (C=N–C) groups is 1. The van der Waals surface area contributed by atoms with Crippen LogP contribution in [-0.2, 0) is 14.3 Å². The molecule has 1 heterocycles. The molecule has 0 fully saturated rings. The van der Waals surface area contributed by atoms with E-state index in [4.69, 9.17) is 25.8 Å². The lowest BCUT2D eigenvalue weighted by Gasteiger charge is -2.07. The fourth-order valence-electron chi connectivity index (χ4n) is 2.37. The molecular formula is C19H14ClNO5. The highest BCUT2D eigenvalue weighted by Gasteiger charge is 2.27. The third-order valence-electron chi connectivity index (χ3n) is 3.48. The smallest absolute Gasteiger partial charge is 0.363 e. The molecule has 0 saturated carbocycles. The summed E-state index contributed by atoms with van der Waals surface area (Å²) in [5.41, 5.74) is 1.06. The van der Waals surface area contributed by atoms with E-state index < -0.39 is 11.9 Å². The van der Waals surface area contributed by atoms with Gasteiger partial charge in [-0.2, -0.15) is 0 Å². The van der Waals surface area contributed by atoms with Crippen LogP contribution < -0.4 is 9.47 Å². The first-order valence-corrected chi connectivity index (χ1v) is 7.99. The highest BCUT2D eigenvalue weighted by Crippen LogP contribution is 2.29. The summed E-state index contributed by atoms with van der Waals surface area (Å²) in [6.45, 7) is 1.30. The largest absolute Gasteiger partial charge is 0.496 e. The number of halogens is 1. The van der Waals surface area contributed by atoms with Crippen molar-refractivity contribution in [2.45, 2.75) is 6.92 Å². The van der Waals surface area contributed by atoms with E-state index >= 15 is 0 Å². The molecular weight excluding hydrogens is 358 g/mol. The van der Waals surface area contributed by atoms with Gasteiger partial charge in [0.2, 0.25) is 5.90 Å². The van der Waals surface area contributed by atoms with E-state index in [2.05, 4.69) is 4.99 Å². The van der Waals surface area contributed by atoms with Gasteiger partial charge in [-0.25, -0.2) is 9.79 Å². The lowest BCUT2D eigenvalue weighted by atomic mass is 10.1. The lowest BCUT2D eigenvalue weighted by molar-refractivity contribution is -0.132. The molecule has 132 valence electrons. The predicted octanol–water partition coefficient (Wildman–Crippen LogP) is 3.62. The first-order chi connectivity index (χ1) is 12.5. The number of carbonyl (C=O) groups is 2. The Morgan fingerprint density at radius 3 is 2.69 bits per heavy atom. The van der Waals surface area contributed by atoms with Crippen molar-refractivity contribution in [3.05, 3.63) is 64.3 Å². The minimum absolute atomic E-state index is 0.0710. The van der Waals surface area contributed by atoms with Gasteiger partial charge >= 0.3 is 11.9 Å². The van der Waals surface area contributed by atoms with Crippen LogP contribution in [0.2, 0.25) is 5.02 Å². The maximum atomic E-state index is 12.2. The molecule has 3 rings (SSSR count). The van der Waals surface area contributed by atoms with E-state index in [9.17, 15) is 9.59 Å². The first-order valence-electron chi connectivity index (χ1n) is 7.62. The first kappa shape index (κ1) is 17.7. The number of methoxy groups -OCH3 is 1. The summed E-state index contributed by atoms with van der Waals surface area (Å²) in [5.74, 6) is -0.199. The number of cyclic esters (lactones) is 1. The molecule has 0 unspecified atom stereocenters. The Morgan fingerprint density at radius 1 is 1.19 bits per heavy atom. The van der Waals surface area contributed by atoms with E-state index in [1.807, 2.05) is 0 Å². The lowest BCUT2D eigenvalue weighted by Crippen LogP contribution is -2.07. The number of ether oxygens (including phenoxy) is 3. The van der Waals surface area contributed by atoms with Crippen LogP contribution in [0, 0.1) is 0 Å². The minimum atomic E-state index is -0.625. The minimum Gasteiger partial charge on any atom is -0.496 e. The highest BCUT2D eigenvalue weighted by atomic mass is 35.5. The maximum absolute atomic E-state index is 12.2. The summed E-state index contributed by atoms with van der Waals surface area (Å²) >= 11 is 6.01. The van der Waals surface area contributed by atoms with Crippen molar-refractivity contribution in [3.63, 3.8) is 0 Å². The number of hydrogen-bond acceptors (Lipinski definition) is 6. The van der Waals surface area contributed by atoms with Crippen molar-refractivity contribution in [1.29, 1.82) is 0 Å². The summed E-state index contributed by atoms with van der Waals surface area (Å²) in [7, 11) is 1.50. The van der Waals surface area contributed by atoms with Crippen molar-refractivity contribution < 1.29 is 23.8 Å². The van der Waals surface area contributed by atoms with Gasteiger partial charge in [-0.1, -0.05) is 29.8 Å². The molecule has 1 aliphatic heterocycles. The van der Waals surface area contributed by atoms with Crippen molar-refractivity contribution in [2.24, 2.45) is 4.99 Å². The quantitative estimate of drug-likeness (QED) is 0.466. The molecule has 2 aromatic rings. The molecule has 0 radical (unpaired) electrons. The fourth-order valence-corrected chi connectivity index (χ4v) is 2.54. The summed E-state index contributed by atoms with van der Waals surface area (Å²) in [4.78, 5) is 27.6. The molecule has 0 saturated heterocycles. The Hall–Kier alpha value is -3.12. The van der Waals surface area contributed by atoms with Gasteiger partial charge in [0.05, 0.1) is 12.7 Å². The molecule has 26 heavy (non-hydrogen) atoms. The topological polar surface area (TPSA) is 74.2 Å². The summed E-state index contributed by atoms with van der Waals surface area (Å²) in [6.07, 6.45) is 1.49. The van der Waals surface area contributed by atoms with Gasteiger partial charge in [0.25, 0.3) is 0 Å². The molecule has 0 N–H and O–H groups in total. The molecule has 0 bridgehead atoms. The van der Waals surface area contributed by atoms with Gasteiger partial charge in [-0.05, 0) is 30.3 Å². The van der Waals surface area contributed by atoms with Crippen LogP contribution in [0.1, 0.15) is 18.1 Å². The number of benzene rings is 2. The maximum Gasteiger partial charge on any atom is 0.363 e. The predicted molar refractivity (Wildman–Crippen MR) is 96.4 cm³/mol. The Labute approximate surface area is 154 Å². The molecule has 0 spiro atoms. The van der Waals surface area contributed by atoms with E-state index in [-0.39, 0.29) is 11.6 Å². The normalized spacial score (nSPS) is 14.8. The van der Waals surface area contributed by atoms with Gasteiger partial charge in [-0.15, -0.1) is 0 Å². The third-order valence-corrected chi connectivity index (χ3v) is 3.71. The average Bonchev–Trinajstić information content (AvgIpc) is 2.97. The van der Waals surface area contributed by atoms with Crippen LogP contribution in [0.25, 0.3) is 6.08 Å². The average molecular weight is 372 g/mol. The summed E-state index contributed by atoms with van der Waals surface area (Å²) in [6, 6.07) is 11.7. The second-order valence-electron chi connectivity index (χ2n) is 5.31. The second kappa shape index (κ2) is 7.41. The van der Waals surface area contributed by atoms with Crippen LogP contribution >= 0.6 is 11.6 Å². The molecule has 2 aromatic carbocycles. The molecule has 0 amide bonds. The van der Waals surface area contributed by atoms with E-state index in [1.165, 1.54) is 20.1 Å². The van der Waals surface area contributed by atoms with E-state index in [0.29, 0.717) is 27.6 Å². The molecule has 0 aromatic heterocycles. The van der Waals surface area contributed by atoms with Crippen LogP contribution in [0.15, 0.2) is 53.2 Å². The van der Waals surface area contributed by atoms with Crippen LogP contribution in [0.5, 0.6) is 11.5 Å². The number of para-hydroxylation sites is 1. The zero-order chi connectivity index (χ0) is 18.7. The van der Waals surface area contributed by atoms with Crippen LogP contribution in [0.4, 0.5) is 0 Å². The number of carbonyl (C=O) groups excluding carboxylic acids is 2. The zero-order valence-corrected chi connectivity index (χ0v) is 14.7. The molecule has 0 aliphatic carbocycles. The van der Waals surface area contributed by atoms with E-state index in [0.717, 1.165) is 0 Å². The van der Waals surface area contributed by atoms with Crippen molar-refractivity contribution in [2.75, 3.05) is 7.11 Å². The van der Waals surface area contributed by atoms with Gasteiger partial charge < -0.3 is 14.2 Å². The zero-order valence-electron chi connectivity index (χ0n) is 14.0. The number of hydrogen-bond donors (Lipinski definition) is 0. The molecule has 1 aliphatic rings. The summed E-state index contributed by atoms with van der Waals surface area (Å²) in [5, 5.41) is 0.456. The van der Waals surface area contributed by atoms with Crippen LogP contribution in [-0.4, -0.2) is 24.9 Å². The third kappa shape index (κ3) is 3.75. The Morgan fingerprint density at radius 2 is 1.96 bits per heavy atom. The van der Waals surface area contributed by atoms with E-state index in [1.54, 1.807) is 42.5 Å². The Kier molecular flexibility index (Phi) is 5.04. The van der Waals surface area contributed by atoms with Gasteiger partial charge in [0.1, 0.15) is 11.5 Å². The standard InChI is InChI=1S/C19H14ClNO5/c1-11(22)25-16-6-4-3-5-12(16)9-15-19(23)26-18(21-15)14-10-13(20)7-8-17(14)24-2/h3-10H,1-2H3/b15-9-. The van der Waals surface area contributed by atoms with Gasteiger partial charge in [0.15, 0.2) is 5.70 Å². The highest BCUT2D eigenvalue weighted by molar-refractivity contribution is 6.31. The van der Waals surface area contributed by atoms with Crippen molar-refractivity contribution in [1.82, 2.24) is 0 Å². The summed E-state index contributed by atoms with van der Waals surface area (Å²) < 4.78 is 15.6. The number of esters is 2. The Balaban J connectivity index is 2.01. The van der Waals surface area contributed by atoms with Gasteiger partial charge in [0, 0.05) is 17.5 Å². The fraction of sp³-hybridized carbons (Fsp3) is 0.105. The van der Waals surface area contributed by atoms with Crippen LogP contribution in [0.3, 0.4) is 0 Å². The Bertz CT molecular complexity index is 949. The molecule has 6 nitrogen and oxygen atoms in total. The SMILES string of the molecule is COc1ccc(Cl)cc1C1=N/C(=C\c2ccccc2OC(C)=O)C(=O)O1. The molecule has 0 atom stereocenters. The molecule has 7 heteroatoms. The second-order valence-corrected chi connectivity index (χ2v) is 5.75. The number of rotatable bonds is 4. The van der Waals surface area contributed by atoms with Crippen molar-refractivity contribution in [3.8, 4) is 11.5 Å². The number of nitrogens with zero attached hydrogens (tertiary/aromatic N) is 1. The van der Waals surface area contributed by atoms with Gasteiger partial charge in [-0.3, -0.25) is 4.79 Å². The van der Waals surface area contributed by atoms with Crippen molar-refractivity contribution >= 4 is 35.5 Å².